The molecular weight excluding hydrogens is 324 g/mol. The minimum atomic E-state index is -4.58. The van der Waals surface area contributed by atoms with Crippen LogP contribution in [0.25, 0.3) is 16.9 Å². The molecule has 1 aromatic carbocycles. The first-order valence-electron chi connectivity index (χ1n) is 6.24. The molecule has 0 amide bonds. The van der Waals surface area contributed by atoms with Gasteiger partial charge in [0.1, 0.15) is 0 Å². The lowest BCUT2D eigenvalue weighted by Gasteiger charge is -2.07. The van der Waals surface area contributed by atoms with Gasteiger partial charge in [0.2, 0.25) is 0 Å². The van der Waals surface area contributed by atoms with E-state index >= 15 is 0 Å². The number of hydrogen-bond donors (Lipinski definition) is 0. The van der Waals surface area contributed by atoms with E-state index in [0.29, 0.717) is 5.56 Å². The first-order chi connectivity index (χ1) is 10.6. The van der Waals surface area contributed by atoms with Gasteiger partial charge in [0.15, 0.2) is 11.3 Å². The normalized spacial score (nSPS) is 12.8. The van der Waals surface area contributed by atoms with Crippen molar-refractivity contribution in [2.24, 2.45) is 0 Å². The predicted octanol–water partition coefficient (Wildman–Crippen LogP) is 4.43. The molecule has 3 nitrogen and oxygen atoms in total. The highest BCUT2D eigenvalue weighted by Gasteiger charge is 2.34. The maximum absolute atomic E-state index is 12.6. The second-order valence-corrected chi connectivity index (χ2v) is 4.74. The van der Waals surface area contributed by atoms with E-state index in [2.05, 4.69) is 9.97 Å². The highest BCUT2D eigenvalue weighted by Crippen LogP contribution is 2.31. The van der Waals surface area contributed by atoms with Gasteiger partial charge in [0.25, 0.3) is 0 Å². The van der Waals surface area contributed by atoms with E-state index in [1.807, 2.05) is 0 Å². The molecule has 0 spiro atoms. The van der Waals surface area contributed by atoms with Crippen LogP contribution < -0.4 is 0 Å². The second kappa shape index (κ2) is 4.97. The van der Waals surface area contributed by atoms with Crippen molar-refractivity contribution in [2.45, 2.75) is 12.4 Å². The minimum absolute atomic E-state index is 0.00649. The Morgan fingerprint density at radius 3 is 2.04 bits per heavy atom. The highest BCUT2D eigenvalue weighted by molar-refractivity contribution is 5.60. The van der Waals surface area contributed by atoms with E-state index in [-0.39, 0.29) is 11.3 Å². The monoisotopic (exact) mass is 331 g/mol. The van der Waals surface area contributed by atoms with E-state index in [4.69, 9.17) is 0 Å². The van der Waals surface area contributed by atoms with Crippen molar-refractivity contribution in [1.82, 2.24) is 14.4 Å². The van der Waals surface area contributed by atoms with Gasteiger partial charge in [-0.25, -0.2) is 4.98 Å². The van der Waals surface area contributed by atoms with E-state index < -0.39 is 23.6 Å². The third kappa shape index (κ3) is 2.99. The van der Waals surface area contributed by atoms with Crippen molar-refractivity contribution in [3.63, 3.8) is 0 Å². The van der Waals surface area contributed by atoms with Gasteiger partial charge in [-0.3, -0.25) is 4.98 Å². The lowest BCUT2D eigenvalue weighted by atomic mass is 10.1. The molecule has 0 aliphatic heterocycles. The standard InChI is InChI=1S/C14H7F6N3/c15-13(16,17)9-3-1-8(2-4-9)10-6-23-7-11(14(18,19)20)22-12(23)5-21-10/h1-7H. The molecule has 0 saturated heterocycles. The lowest BCUT2D eigenvalue weighted by molar-refractivity contribution is -0.141. The molecule has 23 heavy (non-hydrogen) atoms. The number of alkyl halides is 6. The number of rotatable bonds is 1. The zero-order valence-electron chi connectivity index (χ0n) is 11.2. The van der Waals surface area contributed by atoms with E-state index in [9.17, 15) is 26.3 Å². The van der Waals surface area contributed by atoms with Crippen LogP contribution >= 0.6 is 0 Å². The molecule has 0 radical (unpaired) electrons. The summed E-state index contributed by atoms with van der Waals surface area (Å²) in [6.45, 7) is 0. The molecule has 0 N–H and O–H groups in total. The maximum Gasteiger partial charge on any atom is 0.434 e. The summed E-state index contributed by atoms with van der Waals surface area (Å²) in [4.78, 5) is 7.32. The van der Waals surface area contributed by atoms with Crippen molar-refractivity contribution >= 4 is 5.65 Å². The molecular formula is C14H7F6N3. The van der Waals surface area contributed by atoms with Crippen LogP contribution in [0.4, 0.5) is 26.3 Å². The summed E-state index contributed by atoms with van der Waals surface area (Å²) in [6.07, 6.45) is -5.84. The molecule has 0 atom stereocenters. The van der Waals surface area contributed by atoms with Gasteiger partial charge in [-0.2, -0.15) is 26.3 Å². The molecule has 0 bridgehead atoms. The minimum Gasteiger partial charge on any atom is -0.303 e. The number of fused-ring (bicyclic) bond motifs is 1. The van der Waals surface area contributed by atoms with E-state index in [1.165, 1.54) is 18.3 Å². The lowest BCUT2D eigenvalue weighted by Crippen LogP contribution is -2.04. The second-order valence-electron chi connectivity index (χ2n) is 4.74. The SMILES string of the molecule is FC(F)(F)c1ccc(-c2cn3cc(C(F)(F)F)nc3cn2)cc1. The van der Waals surface area contributed by atoms with Crippen LogP contribution in [-0.4, -0.2) is 14.4 Å². The Kier molecular flexibility index (Phi) is 3.31. The topological polar surface area (TPSA) is 30.2 Å². The summed E-state index contributed by atoms with van der Waals surface area (Å²) in [6, 6.07) is 4.18. The number of hydrogen-bond acceptors (Lipinski definition) is 2. The Bertz CT molecular complexity index is 846. The van der Waals surface area contributed by atoms with Crippen LogP contribution in [0, 0.1) is 0 Å². The van der Waals surface area contributed by atoms with Crippen molar-refractivity contribution in [3.8, 4) is 11.3 Å². The molecule has 0 aliphatic rings. The highest BCUT2D eigenvalue weighted by atomic mass is 19.4. The van der Waals surface area contributed by atoms with Gasteiger partial charge in [0, 0.05) is 18.0 Å². The van der Waals surface area contributed by atoms with Crippen LogP contribution in [-0.2, 0) is 12.4 Å². The average Bonchev–Trinajstić information content (AvgIpc) is 2.89. The molecule has 9 heteroatoms. The molecule has 0 fully saturated rings. The van der Waals surface area contributed by atoms with Gasteiger partial charge in [-0.05, 0) is 12.1 Å². The number of benzene rings is 1. The first kappa shape index (κ1) is 15.3. The zero-order chi connectivity index (χ0) is 16.8. The molecule has 120 valence electrons. The summed E-state index contributed by atoms with van der Waals surface area (Å²) >= 11 is 0. The summed E-state index contributed by atoms with van der Waals surface area (Å²) in [5.74, 6) is 0. The van der Waals surface area contributed by atoms with Crippen molar-refractivity contribution in [2.75, 3.05) is 0 Å². The van der Waals surface area contributed by atoms with Crippen molar-refractivity contribution < 1.29 is 26.3 Å². The van der Waals surface area contributed by atoms with Gasteiger partial charge < -0.3 is 4.40 Å². The van der Waals surface area contributed by atoms with E-state index in [0.717, 1.165) is 28.9 Å². The Labute approximate surface area is 125 Å². The van der Waals surface area contributed by atoms with Crippen LogP contribution in [0.15, 0.2) is 42.9 Å². The van der Waals surface area contributed by atoms with Gasteiger partial charge in [-0.15, -0.1) is 0 Å². The smallest absolute Gasteiger partial charge is 0.303 e. The summed E-state index contributed by atoms with van der Waals surface area (Å²) in [5.41, 5.74) is -1.30. The molecule has 0 unspecified atom stereocenters. The number of aromatic nitrogens is 3. The van der Waals surface area contributed by atoms with Gasteiger partial charge >= 0.3 is 12.4 Å². The fourth-order valence-electron chi connectivity index (χ4n) is 2.01. The molecule has 2 heterocycles. The van der Waals surface area contributed by atoms with Crippen LogP contribution in [0.5, 0.6) is 0 Å². The van der Waals surface area contributed by atoms with Crippen LogP contribution in [0.3, 0.4) is 0 Å². The van der Waals surface area contributed by atoms with E-state index in [1.54, 1.807) is 0 Å². The van der Waals surface area contributed by atoms with Gasteiger partial charge in [-0.1, -0.05) is 12.1 Å². The Morgan fingerprint density at radius 2 is 1.48 bits per heavy atom. The Balaban J connectivity index is 2.00. The molecule has 3 aromatic rings. The molecule has 0 aliphatic carbocycles. The summed E-state index contributed by atoms with van der Waals surface area (Å²) in [5, 5.41) is 0. The Hall–Kier alpha value is -2.58. The molecule has 0 saturated carbocycles. The first-order valence-corrected chi connectivity index (χ1v) is 6.24. The van der Waals surface area contributed by atoms with Crippen molar-refractivity contribution in [3.05, 3.63) is 54.1 Å². The third-order valence-corrected chi connectivity index (χ3v) is 3.14. The van der Waals surface area contributed by atoms with Crippen LogP contribution in [0.1, 0.15) is 11.3 Å². The predicted molar refractivity (Wildman–Crippen MR) is 68.4 cm³/mol. The number of nitrogens with zero attached hydrogens (tertiary/aromatic N) is 3. The third-order valence-electron chi connectivity index (χ3n) is 3.14. The Morgan fingerprint density at radius 1 is 0.826 bits per heavy atom. The molecule has 2 aromatic heterocycles. The zero-order valence-corrected chi connectivity index (χ0v) is 11.2. The number of imidazole rings is 1. The quantitative estimate of drug-likeness (QED) is 0.617. The van der Waals surface area contributed by atoms with Crippen molar-refractivity contribution in [1.29, 1.82) is 0 Å². The largest absolute Gasteiger partial charge is 0.434 e. The fraction of sp³-hybridized carbons (Fsp3) is 0.143. The van der Waals surface area contributed by atoms with Crippen LogP contribution in [0.2, 0.25) is 0 Å². The van der Waals surface area contributed by atoms with Gasteiger partial charge in [0.05, 0.1) is 17.5 Å². The fourth-order valence-corrected chi connectivity index (χ4v) is 2.01. The number of halogens is 6. The summed E-state index contributed by atoms with van der Waals surface area (Å²) < 4.78 is 76.5. The average molecular weight is 331 g/mol. The maximum atomic E-state index is 12.6. The molecule has 3 rings (SSSR count). The summed E-state index contributed by atoms with van der Waals surface area (Å²) in [7, 11) is 0.